The molecule has 3 heteroatoms. The number of nitrogens with zero attached hydrogens (tertiary/aromatic N) is 2. The summed E-state index contributed by atoms with van der Waals surface area (Å²) in [4.78, 5) is 0. The molecule has 0 bridgehead atoms. The molecule has 454 valence electrons. The molecule has 0 radical (unpaired) electrons. The molecule has 0 unspecified atom stereocenters. The van der Waals surface area contributed by atoms with Crippen molar-refractivity contribution < 1.29 is 19.1 Å². The molecule has 0 aromatic heterocycles. The third kappa shape index (κ3) is 41.2. The Morgan fingerprint density at radius 1 is 0.354 bits per heavy atom. The summed E-state index contributed by atoms with van der Waals surface area (Å²) in [7, 11) is 0. The molecular formula is C76H130N2Ni. The fourth-order valence-electron chi connectivity index (χ4n) is 11.5. The summed E-state index contributed by atoms with van der Waals surface area (Å²) in [6.45, 7) is 11.1. The Morgan fingerprint density at radius 2 is 0.646 bits per heavy atom. The average molecular weight is 1130 g/mol. The van der Waals surface area contributed by atoms with E-state index in [-0.39, 0.29) is 0 Å². The van der Waals surface area contributed by atoms with Crippen molar-refractivity contribution in [1.82, 2.24) is 0 Å². The van der Waals surface area contributed by atoms with Gasteiger partial charge >= 0.3 is 165 Å². The second-order valence-electron chi connectivity index (χ2n) is 24.1. The van der Waals surface area contributed by atoms with Crippen LogP contribution in [0.2, 0.25) is 0 Å². The molecule has 2 aromatic carbocycles. The van der Waals surface area contributed by atoms with Crippen LogP contribution in [0.1, 0.15) is 371 Å². The molecule has 0 saturated heterocycles. The summed E-state index contributed by atoms with van der Waals surface area (Å²) in [5.74, 6) is 0. The Kier molecular flexibility index (Phi) is 51.5. The van der Waals surface area contributed by atoms with Gasteiger partial charge in [0.25, 0.3) is 0 Å². The van der Waals surface area contributed by atoms with Crippen LogP contribution >= 0.6 is 0 Å². The van der Waals surface area contributed by atoms with E-state index < -0.39 is 0 Å². The van der Waals surface area contributed by atoms with Crippen molar-refractivity contribution in [3.05, 3.63) is 110 Å². The van der Waals surface area contributed by atoms with E-state index in [0.717, 1.165) is 54.6 Å². The fraction of sp³-hybridized carbons (Fsp3) is 0.737. The fourth-order valence-corrected chi connectivity index (χ4v) is 12.2. The van der Waals surface area contributed by atoms with E-state index in [2.05, 4.69) is 111 Å². The molecule has 0 atom stereocenters. The summed E-state index contributed by atoms with van der Waals surface area (Å²) < 4.78 is 1.40. The molecule has 79 heavy (non-hydrogen) atoms. The van der Waals surface area contributed by atoms with E-state index in [1.54, 1.807) is 14.4 Å². The Bertz CT molecular complexity index is 1740. The first-order valence-electron chi connectivity index (χ1n) is 35.1. The molecule has 0 saturated carbocycles. The van der Waals surface area contributed by atoms with Gasteiger partial charge in [0.05, 0.1) is 0 Å². The second-order valence-corrected chi connectivity index (χ2v) is 25.1. The molecule has 2 aromatic rings. The van der Waals surface area contributed by atoms with Gasteiger partial charge in [0.15, 0.2) is 0 Å². The second kappa shape index (κ2) is 56.0. The molecule has 0 aliphatic carbocycles. The summed E-state index contributed by atoms with van der Waals surface area (Å²) >= 11 is 1.69. The summed E-state index contributed by atoms with van der Waals surface area (Å²) in [6.07, 6.45) is 79.2. The van der Waals surface area contributed by atoms with Crippen molar-refractivity contribution in [2.45, 2.75) is 362 Å². The van der Waals surface area contributed by atoms with Crippen molar-refractivity contribution in [3.63, 3.8) is 0 Å². The van der Waals surface area contributed by atoms with E-state index in [1.165, 1.54) is 317 Å². The molecule has 0 fully saturated rings. The van der Waals surface area contributed by atoms with Crippen molar-refractivity contribution >= 4 is 11.4 Å². The van der Waals surface area contributed by atoms with Crippen molar-refractivity contribution in [1.29, 1.82) is 0 Å². The summed E-state index contributed by atoms with van der Waals surface area (Å²) in [6, 6.07) is 17.0. The van der Waals surface area contributed by atoms with Crippen LogP contribution in [0, 0.1) is 0 Å². The molecule has 1 heterocycles. The normalized spacial score (nSPS) is 12.7. The van der Waals surface area contributed by atoms with Crippen LogP contribution < -0.4 is 0 Å². The minimum Gasteiger partial charge on any atom is -0.0654 e. The third-order valence-electron chi connectivity index (χ3n) is 16.8. The van der Waals surface area contributed by atoms with E-state index in [1.807, 2.05) is 0 Å². The first-order valence-corrected chi connectivity index (χ1v) is 36.2. The van der Waals surface area contributed by atoms with Gasteiger partial charge in [-0.15, -0.1) is 0 Å². The number of benzene rings is 2. The maximum absolute atomic E-state index is 11.1. The standard InChI is InChI=1S/2C26H51.C24H28N2.Ni/c2*1-3-5-7-9-11-13-15-17-19-21-23-25-26-24-22-20-18-16-14-12-10-8-6-4-2;1-4-7-12-22-17-23(20-13-8-10-18(5-2)15-20)26(25)24(22)21-14-9-11-19(6-3)16-21;/h2*1,3H,4-26H2,2H3;8-11,13-17H,4-7,12H2,1-3H3;. The molecule has 3 rings (SSSR count). The van der Waals surface area contributed by atoms with Gasteiger partial charge in [-0.25, -0.2) is 4.70 Å². The first-order chi connectivity index (χ1) is 39.1. The predicted molar refractivity (Wildman–Crippen MR) is 352 cm³/mol. The molecule has 1 aliphatic rings. The topological polar surface area (TPSA) is 25.3 Å². The van der Waals surface area contributed by atoms with Crippen LogP contribution in [0.5, 0.6) is 0 Å². The number of rotatable bonds is 55. The van der Waals surface area contributed by atoms with Crippen LogP contribution in [0.25, 0.3) is 16.9 Å². The monoisotopic (exact) mass is 1130 g/mol. The Morgan fingerprint density at radius 3 is 0.962 bits per heavy atom. The quantitative estimate of drug-likeness (QED) is 0.0358. The number of hydrogen-bond donors (Lipinski definition) is 0. The van der Waals surface area contributed by atoms with Crippen molar-refractivity contribution in [2.24, 2.45) is 0 Å². The van der Waals surface area contributed by atoms with Gasteiger partial charge in [0, 0.05) is 22.8 Å². The van der Waals surface area contributed by atoms with Gasteiger partial charge in [0.1, 0.15) is 0 Å². The molecule has 1 aliphatic heterocycles. The van der Waals surface area contributed by atoms with E-state index in [4.69, 9.17) is 0 Å². The predicted octanol–water partition coefficient (Wildman–Crippen LogP) is 26.9. The zero-order valence-electron chi connectivity index (χ0n) is 53.3. The SMILES string of the molecule is CCCCC1=C(c2cccc(CC)c2)[N+](=[N-])C(c2cccc(CC)c2)=C1.CCCCCCCCCCCCCCCCCCCCCCCCC=[CH][Ni][CH]=CCCCCCCCCCCCCCCCCCCCCCCCC. The maximum atomic E-state index is 11.1. The number of hydrogen-bond acceptors (Lipinski definition) is 0. The molecule has 2 nitrogen and oxygen atoms in total. The Hall–Kier alpha value is -2.51. The molecule has 0 N–H and O–H groups in total. The summed E-state index contributed by atoms with van der Waals surface area (Å²) in [5.41, 5.74) is 18.8. The summed E-state index contributed by atoms with van der Waals surface area (Å²) in [5, 5.41) is 4.67. The van der Waals surface area contributed by atoms with E-state index in [9.17, 15) is 5.53 Å². The Balaban J connectivity index is 0.000000674. The first kappa shape index (κ1) is 72.6. The zero-order chi connectivity index (χ0) is 56.6. The van der Waals surface area contributed by atoms with Gasteiger partial charge in [-0.1, -0.05) is 232 Å². The minimum atomic E-state index is 0.878. The van der Waals surface area contributed by atoms with Crippen LogP contribution in [0.4, 0.5) is 0 Å². The average Bonchev–Trinajstić information content (AvgIpc) is 3.99. The van der Waals surface area contributed by atoms with Gasteiger partial charge in [0.2, 0.25) is 11.4 Å². The minimum absolute atomic E-state index is 0.878. The molecular weight excluding hydrogens is 1000 g/mol. The van der Waals surface area contributed by atoms with E-state index in [0.29, 0.717) is 0 Å². The smallest absolute Gasteiger partial charge is 0.0654 e. The molecule has 0 amide bonds. The van der Waals surface area contributed by atoms with Crippen LogP contribution in [-0.4, -0.2) is 4.70 Å². The number of unbranched alkanes of at least 4 members (excludes halogenated alkanes) is 45. The van der Waals surface area contributed by atoms with Crippen molar-refractivity contribution in [3.8, 4) is 0 Å². The van der Waals surface area contributed by atoms with Crippen molar-refractivity contribution in [2.75, 3.05) is 0 Å². The van der Waals surface area contributed by atoms with Gasteiger partial charge in [-0.3, -0.25) is 0 Å². The zero-order valence-corrected chi connectivity index (χ0v) is 54.3. The molecule has 0 spiro atoms. The third-order valence-corrected chi connectivity index (χ3v) is 17.7. The Labute approximate surface area is 499 Å². The van der Waals surface area contributed by atoms with Gasteiger partial charge < -0.3 is 5.53 Å². The van der Waals surface area contributed by atoms with Crippen LogP contribution in [0.3, 0.4) is 0 Å². The van der Waals surface area contributed by atoms with Gasteiger partial charge in [-0.05, 0) is 61.1 Å². The number of allylic oxidation sites excluding steroid dienone is 4. The van der Waals surface area contributed by atoms with Gasteiger partial charge in [-0.2, -0.15) is 0 Å². The number of aryl methyl sites for hydroxylation is 2. The van der Waals surface area contributed by atoms with E-state index >= 15 is 0 Å². The van der Waals surface area contributed by atoms with Crippen LogP contribution in [0.15, 0.2) is 82.4 Å². The van der Waals surface area contributed by atoms with Crippen LogP contribution in [-0.2, 0) is 27.3 Å².